The van der Waals surface area contributed by atoms with Crippen LogP contribution in [0.1, 0.15) is 44.2 Å². The summed E-state index contributed by atoms with van der Waals surface area (Å²) in [4.78, 5) is 15.4. The van der Waals surface area contributed by atoms with Gasteiger partial charge in [-0.1, -0.05) is 25.8 Å². The molecule has 0 radical (unpaired) electrons. The van der Waals surface area contributed by atoms with Crippen molar-refractivity contribution in [3.63, 3.8) is 0 Å². The van der Waals surface area contributed by atoms with E-state index in [4.69, 9.17) is 0 Å². The van der Waals surface area contributed by atoms with E-state index < -0.39 is 0 Å². The van der Waals surface area contributed by atoms with Gasteiger partial charge in [0.05, 0.1) is 6.04 Å². The van der Waals surface area contributed by atoms with E-state index in [1.54, 1.807) is 11.3 Å². The number of hydrogen-bond donors (Lipinski definition) is 1. The smallest absolute Gasteiger partial charge is 0.241 e. The molecular weight excluding hydrogens is 232 g/mol. The van der Waals surface area contributed by atoms with Crippen LogP contribution in [-0.4, -0.2) is 23.4 Å². The second-order valence-corrected chi connectivity index (χ2v) is 5.38. The molecule has 1 aromatic rings. The van der Waals surface area contributed by atoms with E-state index in [1.165, 1.54) is 4.88 Å². The van der Waals surface area contributed by atoms with Gasteiger partial charge in [0.2, 0.25) is 5.91 Å². The topological polar surface area (TPSA) is 32.3 Å². The lowest BCUT2D eigenvalue weighted by Gasteiger charge is -2.21. The molecule has 4 heteroatoms. The first kappa shape index (κ1) is 12.6. The highest BCUT2D eigenvalue weighted by atomic mass is 32.1. The van der Waals surface area contributed by atoms with Crippen LogP contribution in [-0.2, 0) is 4.79 Å². The van der Waals surface area contributed by atoms with Crippen molar-refractivity contribution < 1.29 is 4.79 Å². The molecule has 0 aromatic carbocycles. The predicted molar refractivity (Wildman–Crippen MR) is 70.9 cm³/mol. The summed E-state index contributed by atoms with van der Waals surface area (Å²) in [5.41, 5.74) is 0. The summed E-state index contributed by atoms with van der Waals surface area (Å²) in [6.07, 6.45) is 3.29. The molecule has 1 fully saturated rings. The highest BCUT2D eigenvalue weighted by Crippen LogP contribution is 2.29. The van der Waals surface area contributed by atoms with E-state index in [-0.39, 0.29) is 18.1 Å². The number of likely N-dealkylation sites (N-methyl/N-ethyl adjacent to an activating group) is 1. The number of carbonyl (C=O) groups is 1. The van der Waals surface area contributed by atoms with Crippen molar-refractivity contribution in [3.8, 4) is 0 Å². The largest absolute Gasteiger partial charge is 0.321 e. The molecule has 0 aliphatic carbocycles. The van der Waals surface area contributed by atoms with Crippen LogP contribution >= 0.6 is 11.3 Å². The minimum atomic E-state index is 0.0157. The normalized spacial score (nSPS) is 24.6. The Balaban J connectivity index is 2.10. The Labute approximate surface area is 107 Å². The molecule has 2 unspecified atom stereocenters. The van der Waals surface area contributed by atoms with Gasteiger partial charge in [0.25, 0.3) is 0 Å². The maximum absolute atomic E-state index is 12.2. The number of thiophene rings is 1. The molecule has 0 spiro atoms. The minimum absolute atomic E-state index is 0.0157. The lowest BCUT2D eigenvalue weighted by Crippen LogP contribution is -2.30. The Morgan fingerprint density at radius 2 is 2.29 bits per heavy atom. The molecule has 1 N–H and O–H groups in total. The minimum Gasteiger partial charge on any atom is -0.321 e. The van der Waals surface area contributed by atoms with Crippen LogP contribution in [0.3, 0.4) is 0 Å². The van der Waals surface area contributed by atoms with Gasteiger partial charge in [-0.25, -0.2) is 0 Å². The summed E-state index contributed by atoms with van der Waals surface area (Å²) >= 11 is 1.71. The third kappa shape index (κ3) is 2.53. The molecule has 0 bridgehead atoms. The lowest BCUT2D eigenvalue weighted by atomic mass is 10.1. The van der Waals surface area contributed by atoms with Crippen LogP contribution in [0.15, 0.2) is 17.5 Å². The number of carbonyl (C=O) groups excluding carboxylic acids is 1. The molecule has 1 amide bonds. The summed E-state index contributed by atoms with van der Waals surface area (Å²) in [5.74, 6) is 0.263. The Morgan fingerprint density at radius 1 is 1.47 bits per heavy atom. The van der Waals surface area contributed by atoms with Gasteiger partial charge in [-0.15, -0.1) is 11.3 Å². The first-order valence-corrected chi connectivity index (χ1v) is 7.25. The van der Waals surface area contributed by atoms with Crippen LogP contribution in [0.25, 0.3) is 0 Å². The van der Waals surface area contributed by atoms with E-state index in [2.05, 4.69) is 23.7 Å². The molecule has 1 aromatic heterocycles. The highest BCUT2D eigenvalue weighted by molar-refractivity contribution is 7.10. The summed E-state index contributed by atoms with van der Waals surface area (Å²) in [6.45, 7) is 4.98. The van der Waals surface area contributed by atoms with Gasteiger partial charge in [0, 0.05) is 11.4 Å². The van der Waals surface area contributed by atoms with Crippen LogP contribution in [0, 0.1) is 0 Å². The van der Waals surface area contributed by atoms with Crippen molar-refractivity contribution in [2.24, 2.45) is 0 Å². The SMILES string of the molecule is CCCCC1NC(c2cccs2)N(CC)C1=O. The Morgan fingerprint density at radius 3 is 2.88 bits per heavy atom. The number of amides is 1. The van der Waals surface area contributed by atoms with E-state index in [1.807, 2.05) is 17.9 Å². The van der Waals surface area contributed by atoms with Gasteiger partial charge in [-0.3, -0.25) is 10.1 Å². The molecule has 3 nitrogen and oxygen atoms in total. The fourth-order valence-corrected chi connectivity index (χ4v) is 3.11. The molecule has 2 heterocycles. The van der Waals surface area contributed by atoms with Crippen LogP contribution in [0.4, 0.5) is 0 Å². The second-order valence-electron chi connectivity index (χ2n) is 4.40. The fraction of sp³-hybridized carbons (Fsp3) is 0.615. The molecule has 2 atom stereocenters. The van der Waals surface area contributed by atoms with Gasteiger partial charge in [0.1, 0.15) is 6.17 Å². The first-order valence-electron chi connectivity index (χ1n) is 6.37. The van der Waals surface area contributed by atoms with Crippen LogP contribution in [0.2, 0.25) is 0 Å². The van der Waals surface area contributed by atoms with E-state index >= 15 is 0 Å². The molecule has 2 rings (SSSR count). The predicted octanol–water partition coefficient (Wildman–Crippen LogP) is 2.76. The van der Waals surface area contributed by atoms with Crippen molar-refractivity contribution >= 4 is 17.2 Å². The first-order chi connectivity index (χ1) is 8.27. The Bertz CT molecular complexity index is 364. The number of hydrogen-bond acceptors (Lipinski definition) is 3. The molecule has 1 saturated heterocycles. The maximum atomic E-state index is 12.2. The zero-order chi connectivity index (χ0) is 12.3. The molecule has 17 heavy (non-hydrogen) atoms. The fourth-order valence-electron chi connectivity index (χ4n) is 2.32. The van der Waals surface area contributed by atoms with Crippen molar-refractivity contribution in [3.05, 3.63) is 22.4 Å². The van der Waals surface area contributed by atoms with Crippen LogP contribution < -0.4 is 5.32 Å². The standard InChI is InChI=1S/C13H20N2OS/c1-3-5-7-10-13(16)15(4-2)12(14-10)11-8-6-9-17-11/h6,8-10,12,14H,3-5,7H2,1-2H3. The maximum Gasteiger partial charge on any atom is 0.241 e. The summed E-state index contributed by atoms with van der Waals surface area (Å²) < 4.78 is 0. The van der Waals surface area contributed by atoms with Gasteiger partial charge in [-0.05, 0) is 24.8 Å². The van der Waals surface area contributed by atoms with Crippen molar-refractivity contribution in [1.82, 2.24) is 10.2 Å². The third-order valence-electron chi connectivity index (χ3n) is 3.25. The number of nitrogens with one attached hydrogen (secondary N) is 1. The quantitative estimate of drug-likeness (QED) is 0.874. The molecule has 0 saturated carbocycles. The van der Waals surface area contributed by atoms with Gasteiger partial charge in [0.15, 0.2) is 0 Å². The van der Waals surface area contributed by atoms with E-state index in [0.29, 0.717) is 0 Å². The second kappa shape index (κ2) is 5.65. The number of rotatable bonds is 5. The molecule has 1 aliphatic rings. The average molecular weight is 252 g/mol. The zero-order valence-electron chi connectivity index (χ0n) is 10.5. The van der Waals surface area contributed by atoms with Crippen LogP contribution in [0.5, 0.6) is 0 Å². The summed E-state index contributed by atoms with van der Waals surface area (Å²) in [5, 5.41) is 5.53. The van der Waals surface area contributed by atoms with Crippen molar-refractivity contribution in [1.29, 1.82) is 0 Å². The number of unbranched alkanes of at least 4 members (excludes halogenated alkanes) is 1. The van der Waals surface area contributed by atoms with E-state index in [9.17, 15) is 4.79 Å². The Hall–Kier alpha value is -0.870. The van der Waals surface area contributed by atoms with Crippen molar-refractivity contribution in [2.45, 2.75) is 45.3 Å². The lowest BCUT2D eigenvalue weighted by molar-refractivity contribution is -0.130. The molecule has 1 aliphatic heterocycles. The van der Waals surface area contributed by atoms with Gasteiger partial charge < -0.3 is 4.90 Å². The Kier molecular flexibility index (Phi) is 4.18. The van der Waals surface area contributed by atoms with Gasteiger partial charge >= 0.3 is 0 Å². The third-order valence-corrected chi connectivity index (χ3v) is 4.18. The van der Waals surface area contributed by atoms with Crippen molar-refractivity contribution in [2.75, 3.05) is 6.54 Å². The summed E-state index contributed by atoms with van der Waals surface area (Å²) in [6, 6.07) is 4.15. The van der Waals surface area contributed by atoms with Gasteiger partial charge in [-0.2, -0.15) is 0 Å². The zero-order valence-corrected chi connectivity index (χ0v) is 11.3. The highest BCUT2D eigenvalue weighted by Gasteiger charge is 2.38. The summed E-state index contributed by atoms with van der Waals surface area (Å²) in [7, 11) is 0. The molecular formula is C13H20N2OS. The monoisotopic (exact) mass is 252 g/mol. The number of nitrogens with zero attached hydrogens (tertiary/aromatic N) is 1. The van der Waals surface area contributed by atoms with E-state index in [0.717, 1.165) is 25.8 Å². The average Bonchev–Trinajstić information content (AvgIpc) is 2.94. The molecule has 94 valence electrons.